The van der Waals surface area contributed by atoms with E-state index in [0.717, 1.165) is 0 Å². The molecule has 2 aliphatic rings. The van der Waals surface area contributed by atoms with Crippen molar-refractivity contribution in [3.63, 3.8) is 0 Å². The Kier molecular flexibility index (Phi) is 5.66. The average Bonchev–Trinajstić information content (AvgIpc) is 3.14. The monoisotopic (exact) mass is 426 g/mol. The molecule has 0 amide bonds. The maximum absolute atomic E-state index is 10.8. The summed E-state index contributed by atoms with van der Waals surface area (Å²) < 4.78 is 22.7. The molecular weight excluding hydrogens is 407 g/mol. The smallest absolute Gasteiger partial charge is 0.276 e. The molecule has 0 aromatic heterocycles. The molecule has 0 radical (unpaired) electrons. The van der Waals surface area contributed by atoms with Crippen LogP contribution in [0.4, 0.5) is 0 Å². The molecule has 4 rings (SSSR count). The minimum Gasteiger partial charge on any atom is -0.388 e. The highest BCUT2D eigenvalue weighted by molar-refractivity contribution is 6.22. The van der Waals surface area contributed by atoms with Gasteiger partial charge in [0.2, 0.25) is 0 Å². The van der Waals surface area contributed by atoms with Crippen LogP contribution in [0.3, 0.4) is 0 Å². The van der Waals surface area contributed by atoms with E-state index in [-0.39, 0.29) is 13.2 Å². The molecule has 0 spiro atoms. The lowest BCUT2D eigenvalue weighted by Gasteiger charge is -2.42. The maximum atomic E-state index is 10.8. The van der Waals surface area contributed by atoms with Gasteiger partial charge in [-0.15, -0.1) is 0 Å². The van der Waals surface area contributed by atoms with Gasteiger partial charge in [-0.05, 0) is 0 Å². The summed E-state index contributed by atoms with van der Waals surface area (Å²) >= 11 is 13.0. The van der Waals surface area contributed by atoms with Gasteiger partial charge in [-0.3, -0.25) is 0 Å². The zero-order valence-corrected chi connectivity index (χ0v) is 16.3. The van der Waals surface area contributed by atoms with E-state index in [0.29, 0.717) is 11.1 Å². The fourth-order valence-corrected chi connectivity index (χ4v) is 3.88. The molecule has 2 fully saturated rings. The quantitative estimate of drug-likeness (QED) is 0.731. The Bertz CT molecular complexity index is 794. The molecule has 150 valence electrons. The third-order valence-corrected chi connectivity index (χ3v) is 5.63. The summed E-state index contributed by atoms with van der Waals surface area (Å²) in [6, 6.07) is 17.9. The minimum atomic E-state index is -1.62. The van der Waals surface area contributed by atoms with Crippen LogP contribution >= 0.6 is 23.2 Å². The van der Waals surface area contributed by atoms with Gasteiger partial charge in [0, 0.05) is 11.1 Å². The van der Waals surface area contributed by atoms with E-state index in [1.807, 2.05) is 24.3 Å². The fourth-order valence-electron chi connectivity index (χ4n) is 3.28. The number of rotatable bonds is 4. The van der Waals surface area contributed by atoms with E-state index in [9.17, 15) is 10.2 Å². The Labute approximate surface area is 172 Å². The van der Waals surface area contributed by atoms with E-state index < -0.39 is 34.9 Å². The normalized spacial score (nSPS) is 36.9. The van der Waals surface area contributed by atoms with Crippen LogP contribution in [0.25, 0.3) is 0 Å². The zero-order chi connectivity index (χ0) is 19.8. The van der Waals surface area contributed by atoms with Crippen LogP contribution < -0.4 is 0 Å². The van der Waals surface area contributed by atoms with E-state index in [1.54, 1.807) is 36.4 Å². The molecule has 6 atom stereocenters. The molecule has 6 nitrogen and oxygen atoms in total. The Morgan fingerprint density at radius 3 is 1.89 bits per heavy atom. The van der Waals surface area contributed by atoms with E-state index >= 15 is 0 Å². The zero-order valence-electron chi connectivity index (χ0n) is 14.8. The molecule has 2 saturated heterocycles. The van der Waals surface area contributed by atoms with Gasteiger partial charge < -0.3 is 29.2 Å². The molecule has 0 bridgehead atoms. The highest BCUT2D eigenvalue weighted by Gasteiger charge is 2.51. The predicted octanol–water partition coefficient (Wildman–Crippen LogP) is 2.64. The van der Waals surface area contributed by atoms with Crippen molar-refractivity contribution in [2.75, 3.05) is 13.2 Å². The highest BCUT2D eigenvalue weighted by Crippen LogP contribution is 2.42. The van der Waals surface area contributed by atoms with Crippen LogP contribution in [0.15, 0.2) is 60.7 Å². The number of hydrogen-bond acceptors (Lipinski definition) is 6. The summed E-state index contributed by atoms with van der Waals surface area (Å²) in [5.74, 6) is 0. The second-order valence-electron chi connectivity index (χ2n) is 6.72. The number of aliphatic hydroxyl groups is 2. The Hall–Kier alpha value is -1.22. The maximum Gasteiger partial charge on any atom is 0.276 e. The molecule has 0 aliphatic carbocycles. The first-order valence-corrected chi connectivity index (χ1v) is 9.65. The molecule has 2 heterocycles. The lowest BCUT2D eigenvalue weighted by molar-refractivity contribution is -0.308. The predicted molar refractivity (Wildman–Crippen MR) is 102 cm³/mol. The number of halogens is 2. The molecular formula is C20H20Cl2O6. The summed E-state index contributed by atoms with van der Waals surface area (Å²) in [6.45, 7) is -0.0912. The average molecular weight is 427 g/mol. The SMILES string of the molecule is O[C@H]([C@H]1OC(Cl)(c2ccccc2)OC[C@@H]1O)[C@H]1COC(Cl)(c2ccccc2)O1. The lowest BCUT2D eigenvalue weighted by atomic mass is 10.0. The number of aliphatic hydroxyl groups excluding tert-OH is 2. The van der Waals surface area contributed by atoms with Crippen molar-refractivity contribution in [1.82, 2.24) is 0 Å². The number of ether oxygens (including phenoxy) is 4. The van der Waals surface area contributed by atoms with Gasteiger partial charge >= 0.3 is 0 Å². The summed E-state index contributed by atoms with van der Waals surface area (Å²) in [4.78, 5) is 0. The third kappa shape index (κ3) is 3.79. The molecule has 28 heavy (non-hydrogen) atoms. The first-order valence-electron chi connectivity index (χ1n) is 8.90. The lowest BCUT2D eigenvalue weighted by Crippen LogP contribution is -2.55. The Balaban J connectivity index is 1.50. The fraction of sp³-hybridized carbons (Fsp3) is 0.400. The van der Waals surface area contributed by atoms with Gasteiger partial charge in [-0.2, -0.15) is 0 Å². The standard InChI is InChI=1S/C20H20Cl2O6/c21-19(13-7-3-1-4-8-13)26-12-16(27-19)17(24)18-15(23)11-25-20(22,28-18)14-9-5-2-6-10-14/h1-10,15-18,23-24H,11-12H2/t15-,16+,17-,18-,19?,20?/m0/s1. The summed E-state index contributed by atoms with van der Waals surface area (Å²) in [6.07, 6.45) is -4.23. The van der Waals surface area contributed by atoms with E-state index in [1.165, 1.54) is 0 Å². The van der Waals surface area contributed by atoms with Gasteiger partial charge in [0.1, 0.15) is 24.4 Å². The third-order valence-electron chi connectivity index (χ3n) is 4.80. The molecule has 0 saturated carbocycles. The minimum absolute atomic E-state index is 0.0214. The molecule has 2 N–H and O–H groups in total. The van der Waals surface area contributed by atoms with Crippen LogP contribution in [0.1, 0.15) is 11.1 Å². The van der Waals surface area contributed by atoms with Gasteiger partial charge in [0.05, 0.1) is 13.2 Å². The van der Waals surface area contributed by atoms with Gasteiger partial charge in [0.15, 0.2) is 0 Å². The molecule has 2 aromatic rings. The highest BCUT2D eigenvalue weighted by atomic mass is 35.5. The van der Waals surface area contributed by atoms with Crippen molar-refractivity contribution in [3.8, 4) is 0 Å². The van der Waals surface area contributed by atoms with Gasteiger partial charge in [-0.1, -0.05) is 83.9 Å². The van der Waals surface area contributed by atoms with Crippen molar-refractivity contribution in [2.24, 2.45) is 0 Å². The van der Waals surface area contributed by atoms with Crippen LogP contribution in [-0.4, -0.2) is 47.8 Å². The van der Waals surface area contributed by atoms with Crippen molar-refractivity contribution >= 4 is 23.2 Å². The first kappa shape index (κ1) is 20.1. The second kappa shape index (κ2) is 7.89. The largest absolute Gasteiger partial charge is 0.388 e. The van der Waals surface area contributed by atoms with Crippen molar-refractivity contribution in [3.05, 3.63) is 71.8 Å². The van der Waals surface area contributed by atoms with Crippen LogP contribution in [0.5, 0.6) is 0 Å². The van der Waals surface area contributed by atoms with Crippen molar-refractivity contribution < 1.29 is 29.2 Å². The van der Waals surface area contributed by atoms with Gasteiger partial charge in [-0.25, -0.2) is 0 Å². The van der Waals surface area contributed by atoms with Gasteiger partial charge in [0.25, 0.3) is 10.5 Å². The Morgan fingerprint density at radius 2 is 1.32 bits per heavy atom. The topological polar surface area (TPSA) is 77.4 Å². The van der Waals surface area contributed by atoms with Crippen LogP contribution in [0, 0.1) is 0 Å². The van der Waals surface area contributed by atoms with Crippen molar-refractivity contribution in [2.45, 2.75) is 34.9 Å². The van der Waals surface area contributed by atoms with Crippen LogP contribution in [0.2, 0.25) is 0 Å². The van der Waals surface area contributed by atoms with Crippen LogP contribution in [-0.2, 0) is 29.4 Å². The second-order valence-corrected chi connectivity index (χ2v) is 7.72. The summed E-state index contributed by atoms with van der Waals surface area (Å²) in [7, 11) is 0. The number of benzene rings is 2. The van der Waals surface area contributed by atoms with Crippen molar-refractivity contribution in [1.29, 1.82) is 0 Å². The summed E-state index contributed by atoms with van der Waals surface area (Å²) in [5, 5.41) is 18.0. The molecule has 2 aliphatic heterocycles. The first-order chi connectivity index (χ1) is 13.4. The van der Waals surface area contributed by atoms with E-state index in [2.05, 4.69) is 0 Å². The Morgan fingerprint density at radius 1 is 0.821 bits per heavy atom. The molecule has 2 aromatic carbocycles. The molecule has 2 unspecified atom stereocenters. The van der Waals surface area contributed by atoms with E-state index in [4.69, 9.17) is 42.1 Å². The number of hydrogen-bond donors (Lipinski definition) is 2. The summed E-state index contributed by atoms with van der Waals surface area (Å²) in [5.41, 5.74) is 1.16. The molecule has 8 heteroatoms. The number of alkyl halides is 2.